The molecule has 8 nitrogen and oxygen atoms in total. The number of benzene rings is 1. The maximum absolute atomic E-state index is 13.0. The van der Waals surface area contributed by atoms with Crippen LogP contribution in [-0.2, 0) is 0 Å². The van der Waals surface area contributed by atoms with E-state index in [-0.39, 0.29) is 11.7 Å². The Hall–Kier alpha value is -3.13. The topological polar surface area (TPSA) is 89.2 Å². The van der Waals surface area contributed by atoms with E-state index in [1.54, 1.807) is 11.6 Å². The highest BCUT2D eigenvalue weighted by atomic mass is 16.5. The second-order valence-electron chi connectivity index (χ2n) is 9.62. The van der Waals surface area contributed by atoms with Gasteiger partial charge in [-0.15, -0.1) is 0 Å². The van der Waals surface area contributed by atoms with E-state index in [4.69, 9.17) is 4.74 Å². The molecule has 5 rings (SSSR count). The molecule has 174 valence electrons. The number of aromatic nitrogens is 5. The third-order valence-electron chi connectivity index (χ3n) is 6.81. The number of H-pyrrole nitrogens is 1. The summed E-state index contributed by atoms with van der Waals surface area (Å²) >= 11 is 0. The van der Waals surface area contributed by atoms with Crippen LogP contribution in [0.1, 0.15) is 51.1 Å². The van der Waals surface area contributed by atoms with Crippen LogP contribution in [0.5, 0.6) is 5.75 Å². The molecule has 0 spiro atoms. The largest absolute Gasteiger partial charge is 0.493 e. The average Bonchev–Trinajstić information content (AvgIpc) is 3.40. The van der Waals surface area contributed by atoms with Crippen molar-refractivity contribution in [1.82, 2.24) is 29.5 Å². The molecule has 2 N–H and O–H groups in total. The molecule has 8 heteroatoms. The zero-order chi connectivity index (χ0) is 23.1. The van der Waals surface area contributed by atoms with E-state index in [1.165, 1.54) is 6.33 Å². The Morgan fingerprint density at radius 2 is 2.00 bits per heavy atom. The zero-order valence-corrected chi connectivity index (χ0v) is 19.8. The number of nitrogens with zero attached hydrogens (tertiary/aromatic N) is 4. The monoisotopic (exact) mass is 448 g/mol. The molecule has 3 aromatic heterocycles. The van der Waals surface area contributed by atoms with Gasteiger partial charge in [0.05, 0.1) is 18.1 Å². The first-order valence-corrected chi connectivity index (χ1v) is 11.8. The minimum atomic E-state index is -0.0237. The molecule has 0 bridgehead atoms. The molecule has 1 saturated carbocycles. The molecular weight excluding hydrogens is 416 g/mol. The van der Waals surface area contributed by atoms with Crippen molar-refractivity contribution < 1.29 is 4.74 Å². The molecule has 0 aliphatic heterocycles. The van der Waals surface area contributed by atoms with Crippen molar-refractivity contribution in [3.63, 3.8) is 0 Å². The van der Waals surface area contributed by atoms with Crippen molar-refractivity contribution >= 4 is 16.7 Å². The van der Waals surface area contributed by atoms with Crippen LogP contribution in [0.2, 0.25) is 0 Å². The molecule has 3 heterocycles. The van der Waals surface area contributed by atoms with Crippen molar-refractivity contribution in [3.05, 3.63) is 46.8 Å². The van der Waals surface area contributed by atoms with E-state index in [0.29, 0.717) is 23.4 Å². The first-order chi connectivity index (χ1) is 15.9. The van der Waals surface area contributed by atoms with Gasteiger partial charge in [-0.3, -0.25) is 4.57 Å². The summed E-state index contributed by atoms with van der Waals surface area (Å²) in [6.45, 7) is 7.61. The SMILES string of the molecule is COc1cc(-c2cc3[nH]c(=O)n([C@H]4CC[C@@H](NCC(C)C)CC4)c3cc2C)cn2ncnc12. The standard InChI is InChI=1S/C25H32N6O2/c1-15(2)12-26-18-5-7-19(8-6-18)31-22-9-16(3)20(11-21(22)29-25(31)32)17-10-23(33-4)24-27-14-28-30(24)13-17/h9-11,13-15,18-19,26H,5-8,12H2,1-4H3,(H,29,32)/t18-,19+. The van der Waals surface area contributed by atoms with E-state index in [0.717, 1.165) is 60.0 Å². The third kappa shape index (κ3) is 4.04. The lowest BCUT2D eigenvalue weighted by Gasteiger charge is -2.30. The fourth-order valence-corrected chi connectivity index (χ4v) is 5.08. The summed E-state index contributed by atoms with van der Waals surface area (Å²) in [4.78, 5) is 20.3. The van der Waals surface area contributed by atoms with E-state index >= 15 is 0 Å². The Labute approximate surface area is 193 Å². The Bertz CT molecular complexity index is 1340. The van der Waals surface area contributed by atoms with Crippen LogP contribution in [0.3, 0.4) is 0 Å². The van der Waals surface area contributed by atoms with Gasteiger partial charge in [0, 0.05) is 23.8 Å². The zero-order valence-electron chi connectivity index (χ0n) is 19.8. The van der Waals surface area contributed by atoms with Crippen LogP contribution in [-0.4, -0.2) is 43.8 Å². The van der Waals surface area contributed by atoms with Crippen molar-refractivity contribution in [2.75, 3.05) is 13.7 Å². The normalized spacial score (nSPS) is 19.1. The Morgan fingerprint density at radius 1 is 1.21 bits per heavy atom. The molecule has 4 aromatic rings. The van der Waals surface area contributed by atoms with E-state index in [9.17, 15) is 4.79 Å². The van der Waals surface area contributed by atoms with Crippen LogP contribution in [0.25, 0.3) is 27.8 Å². The van der Waals surface area contributed by atoms with Crippen LogP contribution >= 0.6 is 0 Å². The fraction of sp³-hybridized carbons (Fsp3) is 0.480. The molecule has 0 amide bonds. The Balaban J connectivity index is 1.47. The summed E-state index contributed by atoms with van der Waals surface area (Å²) in [5.41, 5.74) is 5.60. The number of hydrogen-bond donors (Lipinski definition) is 2. The molecule has 0 saturated heterocycles. The Morgan fingerprint density at radius 3 is 2.73 bits per heavy atom. The number of methoxy groups -OCH3 is 1. The van der Waals surface area contributed by atoms with Gasteiger partial charge in [0.2, 0.25) is 0 Å². The average molecular weight is 449 g/mol. The minimum absolute atomic E-state index is 0.0237. The van der Waals surface area contributed by atoms with Crippen LogP contribution in [0.4, 0.5) is 0 Å². The second kappa shape index (κ2) is 8.67. The van der Waals surface area contributed by atoms with Crippen LogP contribution < -0.4 is 15.7 Å². The molecule has 0 atom stereocenters. The maximum atomic E-state index is 13.0. The molecule has 1 fully saturated rings. The number of ether oxygens (including phenoxy) is 1. The van der Waals surface area contributed by atoms with Crippen LogP contribution in [0.15, 0.2) is 35.5 Å². The Kier molecular flexibility index (Phi) is 5.70. The summed E-state index contributed by atoms with van der Waals surface area (Å²) < 4.78 is 9.22. The molecule has 0 radical (unpaired) electrons. The van der Waals surface area contributed by atoms with Gasteiger partial charge < -0.3 is 15.0 Å². The summed E-state index contributed by atoms with van der Waals surface area (Å²) in [5, 5.41) is 7.95. The van der Waals surface area contributed by atoms with Gasteiger partial charge in [-0.2, -0.15) is 5.10 Å². The van der Waals surface area contributed by atoms with Gasteiger partial charge in [-0.05, 0) is 74.4 Å². The van der Waals surface area contributed by atoms with Gasteiger partial charge in [-0.1, -0.05) is 13.8 Å². The van der Waals surface area contributed by atoms with Gasteiger partial charge in [0.1, 0.15) is 6.33 Å². The number of nitrogens with one attached hydrogen (secondary N) is 2. The van der Waals surface area contributed by atoms with Crippen LogP contribution in [0, 0.1) is 12.8 Å². The summed E-state index contributed by atoms with van der Waals surface area (Å²) in [6.07, 6.45) is 7.70. The summed E-state index contributed by atoms with van der Waals surface area (Å²) in [5.74, 6) is 1.32. The molecular formula is C25H32N6O2. The molecule has 0 unspecified atom stereocenters. The van der Waals surface area contributed by atoms with Crippen molar-refractivity contribution in [3.8, 4) is 16.9 Å². The van der Waals surface area contributed by atoms with Crippen molar-refractivity contribution in [2.24, 2.45) is 5.92 Å². The number of hydrogen-bond acceptors (Lipinski definition) is 5. The number of pyridine rings is 1. The number of rotatable bonds is 6. The van der Waals surface area contributed by atoms with Gasteiger partial charge >= 0.3 is 5.69 Å². The number of aromatic amines is 1. The van der Waals surface area contributed by atoms with Gasteiger partial charge in [-0.25, -0.2) is 14.3 Å². The third-order valence-corrected chi connectivity index (χ3v) is 6.81. The van der Waals surface area contributed by atoms with Gasteiger partial charge in [0.25, 0.3) is 0 Å². The lowest BCUT2D eigenvalue weighted by molar-refractivity contribution is 0.285. The molecule has 33 heavy (non-hydrogen) atoms. The fourth-order valence-electron chi connectivity index (χ4n) is 5.08. The van der Waals surface area contributed by atoms with Crippen molar-refractivity contribution in [2.45, 2.75) is 58.5 Å². The summed E-state index contributed by atoms with van der Waals surface area (Å²) in [6, 6.07) is 6.96. The predicted molar refractivity (Wildman–Crippen MR) is 130 cm³/mol. The quantitative estimate of drug-likeness (QED) is 0.464. The first-order valence-electron chi connectivity index (χ1n) is 11.8. The molecule has 1 aliphatic rings. The summed E-state index contributed by atoms with van der Waals surface area (Å²) in [7, 11) is 1.63. The van der Waals surface area contributed by atoms with E-state index in [1.807, 2.05) is 16.8 Å². The molecule has 1 aliphatic carbocycles. The first kappa shape index (κ1) is 21.7. The van der Waals surface area contributed by atoms with Crippen molar-refractivity contribution in [1.29, 1.82) is 0 Å². The lowest BCUT2D eigenvalue weighted by Crippen LogP contribution is -2.37. The van der Waals surface area contributed by atoms with Gasteiger partial charge in [0.15, 0.2) is 11.4 Å². The number of aryl methyl sites for hydroxylation is 1. The highest BCUT2D eigenvalue weighted by molar-refractivity contribution is 5.85. The van der Waals surface area contributed by atoms with E-state index in [2.05, 4.69) is 53.3 Å². The minimum Gasteiger partial charge on any atom is -0.493 e. The maximum Gasteiger partial charge on any atom is 0.326 e. The van der Waals surface area contributed by atoms with E-state index < -0.39 is 0 Å². The highest BCUT2D eigenvalue weighted by Gasteiger charge is 2.25. The lowest BCUT2D eigenvalue weighted by atomic mass is 9.90. The smallest absolute Gasteiger partial charge is 0.326 e. The predicted octanol–water partition coefficient (Wildman–Crippen LogP) is 4.09. The molecule has 1 aromatic carbocycles. The number of fused-ring (bicyclic) bond motifs is 2. The number of imidazole rings is 1. The highest BCUT2D eigenvalue weighted by Crippen LogP contribution is 2.34. The second-order valence-corrected chi connectivity index (χ2v) is 9.62.